The highest BCUT2D eigenvalue weighted by Crippen LogP contribution is 2.22. The lowest BCUT2D eigenvalue weighted by Gasteiger charge is -2.04. The van der Waals surface area contributed by atoms with Crippen molar-refractivity contribution < 1.29 is 4.92 Å². The second kappa shape index (κ2) is 3.75. The Morgan fingerprint density at radius 2 is 2.29 bits per heavy atom. The molecule has 1 aromatic rings. The zero-order chi connectivity index (χ0) is 10.9. The normalized spacial score (nSPS) is 12.9. The molecule has 0 saturated carbocycles. The Morgan fingerprint density at radius 1 is 1.71 bits per heavy atom. The minimum atomic E-state index is -0.403. The zero-order valence-corrected chi connectivity index (χ0v) is 8.52. The third kappa shape index (κ3) is 1.90. The third-order valence-corrected chi connectivity index (χ3v) is 2.00. The quantitative estimate of drug-likeness (QED) is 0.566. The number of hydrogen-bond donors (Lipinski definition) is 1. The van der Waals surface area contributed by atoms with E-state index in [0.29, 0.717) is 17.8 Å². The largest absolute Gasteiger partial charge is 0.328 e. The summed E-state index contributed by atoms with van der Waals surface area (Å²) in [5.41, 5.74) is 6.72. The van der Waals surface area contributed by atoms with Crippen molar-refractivity contribution in [2.45, 2.75) is 26.3 Å². The van der Waals surface area contributed by atoms with E-state index in [0.717, 1.165) is 0 Å². The van der Waals surface area contributed by atoms with Crippen molar-refractivity contribution in [3.05, 3.63) is 21.5 Å². The Kier molecular flexibility index (Phi) is 2.85. The molecule has 0 saturated heterocycles. The maximum atomic E-state index is 10.7. The fourth-order valence-corrected chi connectivity index (χ4v) is 1.47. The van der Waals surface area contributed by atoms with Gasteiger partial charge in [0.2, 0.25) is 0 Å². The molecule has 0 aliphatic rings. The van der Waals surface area contributed by atoms with Crippen LogP contribution in [0.15, 0.2) is 0 Å². The second-order valence-electron chi connectivity index (χ2n) is 3.44. The summed E-state index contributed by atoms with van der Waals surface area (Å²) in [7, 11) is 1.69. The van der Waals surface area contributed by atoms with Crippen LogP contribution in [0.3, 0.4) is 0 Å². The Hall–Kier alpha value is -1.43. The van der Waals surface area contributed by atoms with Crippen LogP contribution >= 0.6 is 0 Å². The van der Waals surface area contributed by atoms with Crippen LogP contribution in [-0.4, -0.2) is 20.7 Å². The van der Waals surface area contributed by atoms with Crippen LogP contribution in [-0.2, 0) is 13.5 Å². The van der Waals surface area contributed by atoms with Crippen molar-refractivity contribution >= 4 is 5.69 Å². The molecule has 2 N–H and O–H groups in total. The molecule has 1 aromatic heterocycles. The number of aryl methyl sites for hydroxylation is 2. The SMILES string of the molecule is Cc1nn(C)c(CC(C)N)c1[N+](=O)[O-]. The van der Waals surface area contributed by atoms with E-state index in [-0.39, 0.29) is 11.7 Å². The van der Waals surface area contributed by atoms with Gasteiger partial charge < -0.3 is 5.73 Å². The van der Waals surface area contributed by atoms with Gasteiger partial charge in [-0.3, -0.25) is 14.8 Å². The number of nitro groups is 1. The fraction of sp³-hybridized carbons (Fsp3) is 0.625. The first kappa shape index (κ1) is 10.6. The molecule has 0 bridgehead atoms. The lowest BCUT2D eigenvalue weighted by molar-refractivity contribution is -0.386. The van der Waals surface area contributed by atoms with E-state index in [1.807, 2.05) is 6.92 Å². The molecule has 78 valence electrons. The molecule has 1 rings (SSSR count). The molecule has 1 unspecified atom stereocenters. The Balaban J connectivity index is 3.18. The molecule has 0 aliphatic carbocycles. The summed E-state index contributed by atoms with van der Waals surface area (Å²) in [6, 6.07) is -0.108. The molecule has 6 heteroatoms. The van der Waals surface area contributed by atoms with Gasteiger partial charge in [-0.25, -0.2) is 0 Å². The second-order valence-corrected chi connectivity index (χ2v) is 3.44. The minimum Gasteiger partial charge on any atom is -0.328 e. The maximum Gasteiger partial charge on any atom is 0.313 e. The fourth-order valence-electron chi connectivity index (χ4n) is 1.47. The predicted octanol–water partition coefficient (Wildman–Crippen LogP) is 0.526. The Morgan fingerprint density at radius 3 is 2.71 bits per heavy atom. The number of aromatic nitrogens is 2. The van der Waals surface area contributed by atoms with Gasteiger partial charge in [0, 0.05) is 19.5 Å². The first-order valence-corrected chi connectivity index (χ1v) is 4.36. The molecular formula is C8H14N4O2. The molecule has 6 nitrogen and oxygen atoms in total. The molecular weight excluding hydrogens is 184 g/mol. The smallest absolute Gasteiger partial charge is 0.313 e. The van der Waals surface area contributed by atoms with Crippen molar-refractivity contribution in [2.24, 2.45) is 12.8 Å². The van der Waals surface area contributed by atoms with E-state index in [1.165, 1.54) is 4.68 Å². The highest BCUT2D eigenvalue weighted by molar-refractivity contribution is 5.40. The molecule has 0 spiro atoms. The van der Waals surface area contributed by atoms with Gasteiger partial charge in [0.05, 0.1) is 4.92 Å². The Labute approximate surface area is 81.9 Å². The Bertz CT molecular complexity index is 356. The van der Waals surface area contributed by atoms with Crippen molar-refractivity contribution in [3.8, 4) is 0 Å². The van der Waals surface area contributed by atoms with Crippen molar-refractivity contribution in [2.75, 3.05) is 0 Å². The van der Waals surface area contributed by atoms with Gasteiger partial charge in [0.1, 0.15) is 11.4 Å². The molecule has 1 atom stereocenters. The summed E-state index contributed by atoms with van der Waals surface area (Å²) in [5, 5.41) is 14.8. The van der Waals surface area contributed by atoms with Gasteiger partial charge in [0.25, 0.3) is 0 Å². The highest BCUT2D eigenvalue weighted by atomic mass is 16.6. The minimum absolute atomic E-state index is 0.0878. The van der Waals surface area contributed by atoms with E-state index in [2.05, 4.69) is 5.10 Å². The number of rotatable bonds is 3. The van der Waals surface area contributed by atoms with E-state index < -0.39 is 4.92 Å². The molecule has 0 radical (unpaired) electrons. The van der Waals surface area contributed by atoms with E-state index in [9.17, 15) is 10.1 Å². The molecule has 0 amide bonds. The predicted molar refractivity (Wildman–Crippen MR) is 52.0 cm³/mol. The lowest BCUT2D eigenvalue weighted by atomic mass is 10.1. The standard InChI is InChI=1S/C8H14N4O2/c1-5(9)4-7-8(12(13)14)6(2)10-11(7)3/h5H,4,9H2,1-3H3. The van der Waals surface area contributed by atoms with Crippen molar-refractivity contribution in [1.82, 2.24) is 9.78 Å². The summed E-state index contributed by atoms with van der Waals surface area (Å²) in [6.07, 6.45) is 0.466. The van der Waals surface area contributed by atoms with E-state index in [4.69, 9.17) is 5.73 Å². The van der Waals surface area contributed by atoms with E-state index in [1.54, 1.807) is 14.0 Å². The molecule has 0 aromatic carbocycles. The molecule has 0 fully saturated rings. The number of nitrogens with zero attached hydrogens (tertiary/aromatic N) is 3. The van der Waals surface area contributed by atoms with Crippen molar-refractivity contribution in [1.29, 1.82) is 0 Å². The number of nitrogens with two attached hydrogens (primary N) is 1. The van der Waals surface area contributed by atoms with Gasteiger partial charge in [-0.05, 0) is 13.8 Å². The molecule has 1 heterocycles. The topological polar surface area (TPSA) is 87.0 Å². The van der Waals surface area contributed by atoms with Crippen LogP contribution in [0.1, 0.15) is 18.3 Å². The summed E-state index contributed by atoms with van der Waals surface area (Å²) < 4.78 is 1.52. The first-order valence-electron chi connectivity index (χ1n) is 4.36. The summed E-state index contributed by atoms with van der Waals surface area (Å²) >= 11 is 0. The average molecular weight is 198 g/mol. The first-order chi connectivity index (χ1) is 6.43. The molecule has 0 aliphatic heterocycles. The van der Waals surface area contributed by atoms with Crippen molar-refractivity contribution in [3.63, 3.8) is 0 Å². The monoisotopic (exact) mass is 198 g/mol. The van der Waals surface area contributed by atoms with Gasteiger partial charge >= 0.3 is 5.69 Å². The van der Waals surface area contributed by atoms with Crippen LogP contribution in [0.25, 0.3) is 0 Å². The van der Waals surface area contributed by atoms with Crippen LogP contribution in [0, 0.1) is 17.0 Å². The summed E-state index contributed by atoms with van der Waals surface area (Å²) in [5.74, 6) is 0. The van der Waals surface area contributed by atoms with Crippen LogP contribution in [0.2, 0.25) is 0 Å². The maximum absolute atomic E-state index is 10.7. The van der Waals surface area contributed by atoms with Gasteiger partial charge in [-0.2, -0.15) is 5.10 Å². The van der Waals surface area contributed by atoms with Gasteiger partial charge in [-0.1, -0.05) is 0 Å². The highest BCUT2D eigenvalue weighted by Gasteiger charge is 2.23. The summed E-state index contributed by atoms with van der Waals surface area (Å²) in [4.78, 5) is 10.3. The van der Waals surface area contributed by atoms with Crippen LogP contribution in [0.4, 0.5) is 5.69 Å². The van der Waals surface area contributed by atoms with Gasteiger partial charge in [-0.15, -0.1) is 0 Å². The third-order valence-electron chi connectivity index (χ3n) is 2.00. The van der Waals surface area contributed by atoms with E-state index >= 15 is 0 Å². The lowest BCUT2D eigenvalue weighted by Crippen LogP contribution is -2.20. The zero-order valence-electron chi connectivity index (χ0n) is 8.52. The molecule has 14 heavy (non-hydrogen) atoms. The summed E-state index contributed by atoms with van der Waals surface area (Å²) in [6.45, 7) is 3.44. The van der Waals surface area contributed by atoms with Crippen LogP contribution < -0.4 is 5.73 Å². The van der Waals surface area contributed by atoms with Crippen LogP contribution in [0.5, 0.6) is 0 Å². The van der Waals surface area contributed by atoms with Gasteiger partial charge in [0.15, 0.2) is 0 Å². The average Bonchev–Trinajstić information content (AvgIpc) is 2.25. The number of hydrogen-bond acceptors (Lipinski definition) is 4.